The Morgan fingerprint density at radius 2 is 1.82 bits per heavy atom. The minimum atomic E-state index is 0.0987. The van der Waals surface area contributed by atoms with Crippen LogP contribution in [0.2, 0.25) is 0 Å². The van der Waals surface area contributed by atoms with Crippen molar-refractivity contribution in [1.82, 2.24) is 24.6 Å². The standard InChI is InChI=1S/C29H42N8O/c1-20-15-25(22(16-30)27(31-3)32-20)35-12-5-24-23(17-35)21(2)33-37(24)19-28-6-9-29(10-7-28,11-8-28)36-14-13-34(4)18-26(36)38/h15-16,30H,5-14,17-19H2,1-4H3,(H,31,32). The van der Waals surface area contributed by atoms with E-state index in [1.807, 2.05) is 14.0 Å². The van der Waals surface area contributed by atoms with Gasteiger partial charge in [0.05, 0.1) is 23.5 Å². The number of nitrogens with one attached hydrogen (secondary N) is 2. The van der Waals surface area contributed by atoms with E-state index < -0.39 is 0 Å². The molecular formula is C29H42N8O. The molecule has 4 fully saturated rings. The van der Waals surface area contributed by atoms with Gasteiger partial charge in [-0.3, -0.25) is 14.4 Å². The van der Waals surface area contributed by atoms with Crippen LogP contribution in [0.5, 0.6) is 0 Å². The van der Waals surface area contributed by atoms with Crippen LogP contribution in [0, 0.1) is 24.7 Å². The lowest BCUT2D eigenvalue weighted by molar-refractivity contribution is -0.152. The van der Waals surface area contributed by atoms with Crippen molar-refractivity contribution in [3.8, 4) is 0 Å². The molecule has 38 heavy (non-hydrogen) atoms. The van der Waals surface area contributed by atoms with Gasteiger partial charge in [0, 0.05) is 74.9 Å². The molecule has 0 radical (unpaired) electrons. The molecule has 5 aliphatic rings. The molecular weight excluding hydrogens is 476 g/mol. The average Bonchev–Trinajstić information content (AvgIpc) is 3.22. The van der Waals surface area contributed by atoms with E-state index in [1.165, 1.54) is 36.7 Å². The van der Waals surface area contributed by atoms with Crippen LogP contribution in [-0.2, 0) is 24.3 Å². The fourth-order valence-electron chi connectivity index (χ4n) is 7.76. The SMILES string of the molecule is CNc1nc(C)cc(N2CCc3c(c(C)nn3CC34CCC(N5CCN(C)CC5=O)(CC3)CC4)C2)c1C=N. The van der Waals surface area contributed by atoms with Gasteiger partial charge in [-0.05, 0) is 70.9 Å². The molecule has 4 heterocycles. The van der Waals surface area contributed by atoms with Crippen molar-refractivity contribution in [2.75, 3.05) is 50.5 Å². The Morgan fingerprint density at radius 3 is 2.47 bits per heavy atom. The van der Waals surface area contributed by atoms with Crippen molar-refractivity contribution >= 4 is 23.6 Å². The van der Waals surface area contributed by atoms with Crippen LogP contribution in [-0.4, -0.2) is 82.5 Å². The lowest BCUT2D eigenvalue weighted by atomic mass is 9.56. The molecule has 1 amide bonds. The Hall–Kier alpha value is -2.94. The molecule has 2 aliphatic heterocycles. The molecule has 7 rings (SSSR count). The van der Waals surface area contributed by atoms with Gasteiger partial charge in [0.25, 0.3) is 0 Å². The van der Waals surface area contributed by atoms with Crippen LogP contribution < -0.4 is 10.2 Å². The number of hydrogen-bond donors (Lipinski definition) is 2. The van der Waals surface area contributed by atoms with Crippen molar-refractivity contribution in [3.05, 3.63) is 34.3 Å². The molecule has 2 N–H and O–H groups in total. The third-order valence-electron chi connectivity index (χ3n) is 10.1. The number of hydrogen-bond acceptors (Lipinski definition) is 7. The summed E-state index contributed by atoms with van der Waals surface area (Å²) in [4.78, 5) is 24.3. The number of aromatic nitrogens is 3. The summed E-state index contributed by atoms with van der Waals surface area (Å²) in [5.74, 6) is 1.09. The van der Waals surface area contributed by atoms with Crippen LogP contribution >= 0.6 is 0 Å². The molecule has 9 heteroatoms. The molecule has 0 unspecified atom stereocenters. The van der Waals surface area contributed by atoms with Crippen molar-refractivity contribution < 1.29 is 4.79 Å². The Bertz CT molecular complexity index is 1240. The molecule has 3 saturated carbocycles. The number of aryl methyl sites for hydroxylation is 2. The van der Waals surface area contributed by atoms with Crippen LogP contribution in [0.4, 0.5) is 11.5 Å². The zero-order valence-electron chi connectivity index (χ0n) is 23.4. The van der Waals surface area contributed by atoms with E-state index in [2.05, 4.69) is 49.7 Å². The van der Waals surface area contributed by atoms with E-state index in [-0.39, 0.29) is 5.54 Å². The highest BCUT2D eigenvalue weighted by Gasteiger charge is 2.53. The zero-order chi connectivity index (χ0) is 26.7. The third-order valence-corrected chi connectivity index (χ3v) is 10.1. The highest BCUT2D eigenvalue weighted by atomic mass is 16.2. The van der Waals surface area contributed by atoms with Gasteiger partial charge in [-0.2, -0.15) is 5.10 Å². The fourth-order valence-corrected chi connectivity index (χ4v) is 7.76. The number of pyridine rings is 1. The molecule has 0 aromatic carbocycles. The van der Waals surface area contributed by atoms with E-state index in [9.17, 15) is 4.79 Å². The van der Waals surface area contributed by atoms with E-state index >= 15 is 0 Å². The number of likely N-dealkylation sites (N-methyl/N-ethyl adjacent to an activating group) is 1. The first-order chi connectivity index (χ1) is 18.3. The molecule has 3 aliphatic carbocycles. The summed E-state index contributed by atoms with van der Waals surface area (Å²) in [6.45, 7) is 9.33. The van der Waals surface area contributed by atoms with E-state index in [0.29, 0.717) is 17.9 Å². The van der Waals surface area contributed by atoms with E-state index in [0.717, 1.165) is 86.9 Å². The summed E-state index contributed by atoms with van der Waals surface area (Å²) in [6.07, 6.45) is 9.37. The topological polar surface area (TPSA) is 93.4 Å². The van der Waals surface area contributed by atoms with Gasteiger partial charge in [-0.25, -0.2) is 4.98 Å². The molecule has 2 aromatic rings. The Labute approximate surface area is 226 Å². The molecule has 0 atom stereocenters. The van der Waals surface area contributed by atoms with Gasteiger partial charge in [0.2, 0.25) is 5.91 Å². The average molecular weight is 519 g/mol. The second kappa shape index (κ2) is 9.36. The fraction of sp³-hybridized carbons (Fsp3) is 0.655. The molecule has 2 aromatic heterocycles. The van der Waals surface area contributed by atoms with Crippen molar-refractivity contribution in [2.45, 2.75) is 77.4 Å². The third kappa shape index (κ3) is 4.10. The summed E-state index contributed by atoms with van der Waals surface area (Å²) in [5, 5.41) is 16.3. The normalized spacial score (nSPS) is 27.5. The maximum absolute atomic E-state index is 12.9. The monoisotopic (exact) mass is 518 g/mol. The highest BCUT2D eigenvalue weighted by molar-refractivity contribution is 5.92. The first kappa shape index (κ1) is 25.3. The number of piperazine rings is 1. The molecule has 0 spiro atoms. The first-order valence-electron chi connectivity index (χ1n) is 14.3. The first-order valence-corrected chi connectivity index (χ1v) is 14.3. The highest BCUT2D eigenvalue weighted by Crippen LogP contribution is 2.55. The van der Waals surface area contributed by atoms with Gasteiger partial charge in [0.1, 0.15) is 5.82 Å². The van der Waals surface area contributed by atoms with Crippen molar-refractivity contribution in [3.63, 3.8) is 0 Å². The second-order valence-electron chi connectivity index (χ2n) is 12.3. The smallest absolute Gasteiger partial charge is 0.237 e. The number of fused-ring (bicyclic) bond motifs is 4. The number of carbonyl (C=O) groups excluding carboxylic acids is 1. The lowest BCUT2D eigenvalue weighted by Crippen LogP contribution is -2.63. The summed E-state index contributed by atoms with van der Waals surface area (Å²) >= 11 is 0. The number of anilines is 2. The van der Waals surface area contributed by atoms with Gasteiger partial charge >= 0.3 is 0 Å². The Kier molecular flexibility index (Phi) is 6.24. The Morgan fingerprint density at radius 1 is 1.08 bits per heavy atom. The number of nitrogens with zero attached hydrogens (tertiary/aromatic N) is 6. The number of carbonyl (C=O) groups is 1. The van der Waals surface area contributed by atoms with Gasteiger partial charge in [0.15, 0.2) is 0 Å². The van der Waals surface area contributed by atoms with E-state index in [1.54, 1.807) is 0 Å². The Balaban J connectivity index is 1.19. The second-order valence-corrected chi connectivity index (χ2v) is 12.3. The quantitative estimate of drug-likeness (QED) is 0.570. The van der Waals surface area contributed by atoms with Crippen molar-refractivity contribution in [2.24, 2.45) is 5.41 Å². The van der Waals surface area contributed by atoms with Crippen LogP contribution in [0.1, 0.15) is 66.7 Å². The minimum Gasteiger partial charge on any atom is -0.373 e. The lowest BCUT2D eigenvalue weighted by Gasteiger charge is -2.58. The summed E-state index contributed by atoms with van der Waals surface area (Å²) < 4.78 is 2.34. The number of rotatable bonds is 6. The van der Waals surface area contributed by atoms with Crippen LogP contribution in [0.25, 0.3) is 0 Å². The molecule has 2 bridgehead atoms. The molecule has 9 nitrogen and oxygen atoms in total. The molecule has 204 valence electrons. The van der Waals surface area contributed by atoms with Crippen LogP contribution in [0.15, 0.2) is 6.07 Å². The van der Waals surface area contributed by atoms with Gasteiger partial charge < -0.3 is 20.5 Å². The largest absolute Gasteiger partial charge is 0.373 e. The predicted octanol–water partition coefficient (Wildman–Crippen LogP) is 3.36. The summed E-state index contributed by atoms with van der Waals surface area (Å²) in [7, 11) is 3.92. The maximum atomic E-state index is 12.9. The molecule has 1 saturated heterocycles. The zero-order valence-corrected chi connectivity index (χ0v) is 23.4. The summed E-state index contributed by atoms with van der Waals surface area (Å²) in [5.41, 5.74) is 7.13. The summed E-state index contributed by atoms with van der Waals surface area (Å²) in [6, 6.07) is 2.10. The van der Waals surface area contributed by atoms with Crippen molar-refractivity contribution in [1.29, 1.82) is 5.41 Å². The van der Waals surface area contributed by atoms with Crippen LogP contribution in [0.3, 0.4) is 0 Å². The van der Waals surface area contributed by atoms with Gasteiger partial charge in [-0.15, -0.1) is 0 Å². The van der Waals surface area contributed by atoms with Gasteiger partial charge in [-0.1, -0.05) is 0 Å². The predicted molar refractivity (Wildman–Crippen MR) is 150 cm³/mol. The maximum Gasteiger partial charge on any atom is 0.237 e. The minimum absolute atomic E-state index is 0.0987. The number of amides is 1. The van der Waals surface area contributed by atoms with E-state index in [4.69, 9.17) is 10.5 Å².